The third-order valence-electron chi connectivity index (χ3n) is 3.71. The van der Waals surface area contributed by atoms with E-state index in [2.05, 4.69) is 50.4 Å². The molecule has 0 atom stereocenters. The van der Waals surface area contributed by atoms with Crippen molar-refractivity contribution in [1.82, 2.24) is 15.1 Å². The van der Waals surface area contributed by atoms with Crippen molar-refractivity contribution in [3.05, 3.63) is 30.0 Å². The van der Waals surface area contributed by atoms with Crippen molar-refractivity contribution in [2.75, 3.05) is 13.1 Å². The summed E-state index contributed by atoms with van der Waals surface area (Å²) in [5, 5.41) is 9.40. The molecule has 0 aliphatic rings. The fraction of sp³-hybridized carbons (Fsp3) is 0.562. The molecular weight excluding hydrogens is 234 g/mol. The first kappa shape index (κ1) is 14.1. The molecule has 0 unspecified atom stereocenters. The fourth-order valence-electron chi connectivity index (χ4n) is 2.56. The van der Waals surface area contributed by atoms with Crippen molar-refractivity contribution >= 4 is 10.9 Å². The lowest BCUT2D eigenvalue weighted by Gasteiger charge is -2.23. The number of hydrogen-bond donors (Lipinski definition) is 1. The number of nitrogens with one attached hydrogen (secondary N) is 1. The van der Waals surface area contributed by atoms with Gasteiger partial charge >= 0.3 is 0 Å². The predicted molar refractivity (Wildman–Crippen MR) is 81.4 cm³/mol. The number of hydrogen-bond acceptors (Lipinski definition) is 2. The Kier molecular flexibility index (Phi) is 4.25. The summed E-state index contributed by atoms with van der Waals surface area (Å²) in [6.07, 6.45) is 2.20. The van der Waals surface area contributed by atoms with Gasteiger partial charge in [0.05, 0.1) is 11.2 Å². The Balaban J connectivity index is 2.16. The first-order chi connectivity index (χ1) is 9.03. The molecular formula is C16H25N3. The maximum absolute atomic E-state index is 4.70. The molecule has 0 fully saturated rings. The number of aromatic nitrogens is 2. The van der Waals surface area contributed by atoms with E-state index in [-0.39, 0.29) is 5.41 Å². The Morgan fingerprint density at radius 1 is 1.26 bits per heavy atom. The van der Waals surface area contributed by atoms with Gasteiger partial charge in [0.25, 0.3) is 0 Å². The zero-order chi connectivity index (χ0) is 13.9. The van der Waals surface area contributed by atoms with Crippen LogP contribution in [0.4, 0.5) is 0 Å². The number of rotatable bonds is 6. The zero-order valence-corrected chi connectivity index (χ0v) is 12.5. The molecule has 0 saturated heterocycles. The van der Waals surface area contributed by atoms with Crippen molar-refractivity contribution in [1.29, 1.82) is 0 Å². The van der Waals surface area contributed by atoms with Gasteiger partial charge in [-0.3, -0.25) is 4.68 Å². The van der Waals surface area contributed by atoms with Crippen LogP contribution in [0.15, 0.2) is 24.3 Å². The van der Waals surface area contributed by atoms with Crippen molar-refractivity contribution in [2.45, 2.75) is 33.6 Å². The van der Waals surface area contributed by atoms with Gasteiger partial charge in [-0.2, -0.15) is 5.10 Å². The van der Waals surface area contributed by atoms with Crippen LogP contribution < -0.4 is 5.32 Å². The largest absolute Gasteiger partial charge is 0.317 e. The van der Waals surface area contributed by atoms with Crippen LogP contribution in [0.2, 0.25) is 0 Å². The first-order valence-electron chi connectivity index (χ1n) is 7.15. The number of benzene rings is 1. The van der Waals surface area contributed by atoms with Crippen LogP contribution in [0.5, 0.6) is 0 Å². The van der Waals surface area contributed by atoms with E-state index in [1.807, 2.05) is 11.7 Å². The van der Waals surface area contributed by atoms with Gasteiger partial charge in [0, 0.05) is 12.4 Å². The van der Waals surface area contributed by atoms with Crippen LogP contribution in [0.3, 0.4) is 0 Å². The highest BCUT2D eigenvalue weighted by Crippen LogP contribution is 2.28. The Morgan fingerprint density at radius 2 is 2.00 bits per heavy atom. The lowest BCUT2D eigenvalue weighted by molar-refractivity contribution is 0.323. The molecule has 0 radical (unpaired) electrons. The maximum atomic E-state index is 4.70. The molecule has 0 aliphatic heterocycles. The molecule has 0 spiro atoms. The van der Waals surface area contributed by atoms with Crippen LogP contribution in [-0.2, 0) is 13.5 Å². The zero-order valence-electron chi connectivity index (χ0n) is 12.5. The van der Waals surface area contributed by atoms with Crippen LogP contribution in [0.25, 0.3) is 10.9 Å². The number of aryl methyl sites for hydroxylation is 1. The summed E-state index contributed by atoms with van der Waals surface area (Å²) >= 11 is 0. The molecule has 2 rings (SSSR count). The minimum atomic E-state index is 0.277. The normalized spacial score (nSPS) is 12.2. The average Bonchev–Trinajstić information content (AvgIpc) is 2.67. The quantitative estimate of drug-likeness (QED) is 0.808. The fourth-order valence-corrected chi connectivity index (χ4v) is 2.56. The van der Waals surface area contributed by atoms with E-state index in [1.165, 1.54) is 23.0 Å². The minimum absolute atomic E-state index is 0.277. The summed E-state index contributed by atoms with van der Waals surface area (Å²) < 4.78 is 1.99. The van der Waals surface area contributed by atoms with Gasteiger partial charge in [0.1, 0.15) is 0 Å². The summed E-state index contributed by atoms with van der Waals surface area (Å²) in [5.41, 5.74) is 2.72. The van der Waals surface area contributed by atoms with Crippen molar-refractivity contribution in [2.24, 2.45) is 12.5 Å². The van der Waals surface area contributed by atoms with E-state index in [0.29, 0.717) is 0 Å². The van der Waals surface area contributed by atoms with Crippen LogP contribution in [-0.4, -0.2) is 22.9 Å². The molecule has 1 aromatic heterocycles. The molecule has 0 amide bonds. The van der Waals surface area contributed by atoms with Crippen molar-refractivity contribution in [3.63, 3.8) is 0 Å². The lowest BCUT2D eigenvalue weighted by atomic mass is 9.83. The standard InChI is InChI=1S/C16H25N3/c1-5-17-11-10-16(2,3)12-14-13-8-6-7-9-15(13)19(4)18-14/h6-9,17H,5,10-12H2,1-4H3. The second-order valence-corrected chi connectivity index (χ2v) is 6.03. The molecule has 0 saturated carbocycles. The monoisotopic (exact) mass is 259 g/mol. The SMILES string of the molecule is CCNCCC(C)(C)Cc1nn(C)c2ccccc12. The topological polar surface area (TPSA) is 29.9 Å². The van der Waals surface area contributed by atoms with E-state index in [0.717, 1.165) is 19.5 Å². The van der Waals surface area contributed by atoms with Gasteiger partial charge < -0.3 is 5.32 Å². The van der Waals surface area contributed by atoms with E-state index in [1.54, 1.807) is 0 Å². The summed E-state index contributed by atoms with van der Waals surface area (Å²) in [6, 6.07) is 8.48. The van der Waals surface area contributed by atoms with Crippen molar-refractivity contribution in [3.8, 4) is 0 Å². The Bertz CT molecular complexity index is 540. The molecule has 0 aliphatic carbocycles. The minimum Gasteiger partial charge on any atom is -0.317 e. The molecule has 1 heterocycles. The molecule has 3 nitrogen and oxygen atoms in total. The Hall–Kier alpha value is -1.35. The third kappa shape index (κ3) is 3.35. The molecule has 0 bridgehead atoms. The first-order valence-corrected chi connectivity index (χ1v) is 7.15. The Morgan fingerprint density at radius 3 is 2.74 bits per heavy atom. The highest BCUT2D eigenvalue weighted by molar-refractivity contribution is 5.81. The predicted octanol–water partition coefficient (Wildman–Crippen LogP) is 3.14. The average molecular weight is 259 g/mol. The number of nitrogens with zero attached hydrogens (tertiary/aromatic N) is 2. The van der Waals surface area contributed by atoms with Gasteiger partial charge in [-0.1, -0.05) is 39.0 Å². The second kappa shape index (κ2) is 5.74. The Labute approximate surface area is 116 Å². The molecule has 1 aromatic carbocycles. The van der Waals surface area contributed by atoms with Gasteiger partial charge in [-0.15, -0.1) is 0 Å². The van der Waals surface area contributed by atoms with Gasteiger partial charge in [-0.25, -0.2) is 0 Å². The number of para-hydroxylation sites is 1. The molecule has 3 heteroatoms. The summed E-state index contributed by atoms with van der Waals surface area (Å²) in [7, 11) is 2.03. The molecule has 2 aromatic rings. The second-order valence-electron chi connectivity index (χ2n) is 6.03. The van der Waals surface area contributed by atoms with Crippen LogP contribution in [0, 0.1) is 5.41 Å². The highest BCUT2D eigenvalue weighted by atomic mass is 15.3. The van der Waals surface area contributed by atoms with Crippen LogP contribution >= 0.6 is 0 Å². The number of fused-ring (bicyclic) bond motifs is 1. The van der Waals surface area contributed by atoms with E-state index < -0.39 is 0 Å². The van der Waals surface area contributed by atoms with E-state index in [4.69, 9.17) is 5.10 Å². The van der Waals surface area contributed by atoms with E-state index >= 15 is 0 Å². The molecule has 19 heavy (non-hydrogen) atoms. The highest BCUT2D eigenvalue weighted by Gasteiger charge is 2.21. The van der Waals surface area contributed by atoms with Gasteiger partial charge in [0.2, 0.25) is 0 Å². The molecule has 104 valence electrons. The molecule has 1 N–H and O–H groups in total. The maximum Gasteiger partial charge on any atom is 0.0708 e. The summed E-state index contributed by atoms with van der Waals surface area (Å²) in [6.45, 7) is 8.93. The van der Waals surface area contributed by atoms with Gasteiger partial charge in [-0.05, 0) is 37.4 Å². The lowest BCUT2D eigenvalue weighted by Crippen LogP contribution is -2.24. The van der Waals surface area contributed by atoms with Crippen molar-refractivity contribution < 1.29 is 0 Å². The summed E-state index contributed by atoms with van der Waals surface area (Å²) in [4.78, 5) is 0. The summed E-state index contributed by atoms with van der Waals surface area (Å²) in [5.74, 6) is 0. The smallest absolute Gasteiger partial charge is 0.0708 e. The van der Waals surface area contributed by atoms with Crippen LogP contribution in [0.1, 0.15) is 32.9 Å². The van der Waals surface area contributed by atoms with E-state index in [9.17, 15) is 0 Å². The van der Waals surface area contributed by atoms with Gasteiger partial charge in [0.15, 0.2) is 0 Å². The third-order valence-corrected chi connectivity index (χ3v) is 3.71.